The van der Waals surface area contributed by atoms with Crippen molar-refractivity contribution in [3.63, 3.8) is 0 Å². The number of hydrogen-bond acceptors (Lipinski definition) is 4. The molecule has 0 spiro atoms. The Morgan fingerprint density at radius 2 is 1.38 bits per heavy atom. The average molecular weight is 412 g/mol. The Hall–Kier alpha value is -0.330. The molecule has 1 atom stereocenters. The summed E-state index contributed by atoms with van der Waals surface area (Å²) in [7, 11) is 0. The molecule has 0 aromatic heterocycles. The summed E-state index contributed by atoms with van der Waals surface area (Å²) in [6.07, 6.45) is 8.69. The van der Waals surface area contributed by atoms with Gasteiger partial charge in [0.1, 0.15) is 3.92 Å². The van der Waals surface area contributed by atoms with Crippen molar-refractivity contribution in [2.45, 2.75) is 75.6 Å². The largest absolute Gasteiger partial charge is 0.466 e. The van der Waals surface area contributed by atoms with E-state index in [2.05, 4.69) is 13.8 Å². The molecule has 0 amide bonds. The number of ether oxygens (including phenoxy) is 2. The number of esters is 2. The van der Waals surface area contributed by atoms with Crippen molar-refractivity contribution in [1.82, 2.24) is 0 Å². The molecule has 0 saturated carbocycles. The Bertz CT molecular complexity index is 281. The second-order valence-electron chi connectivity index (χ2n) is 5.18. The smallest absolute Gasteiger partial charge is 0.319 e. The van der Waals surface area contributed by atoms with Crippen molar-refractivity contribution >= 4 is 34.5 Å². The minimum absolute atomic E-state index is 0.0993. The fraction of sp³-hybridized carbons (Fsp3) is 0.875. The van der Waals surface area contributed by atoms with Crippen LogP contribution in [0.4, 0.5) is 0 Å². The first-order chi connectivity index (χ1) is 10.1. The molecule has 0 aromatic carbocycles. The Balaban J connectivity index is 3.62. The molecule has 0 rings (SSSR count). The van der Waals surface area contributed by atoms with Crippen LogP contribution < -0.4 is 0 Å². The Morgan fingerprint density at radius 3 is 1.90 bits per heavy atom. The van der Waals surface area contributed by atoms with Gasteiger partial charge in [0, 0.05) is 0 Å². The van der Waals surface area contributed by atoms with E-state index < -0.39 is 3.92 Å². The van der Waals surface area contributed by atoms with Gasteiger partial charge in [0.2, 0.25) is 0 Å². The van der Waals surface area contributed by atoms with Gasteiger partial charge in [0.15, 0.2) is 0 Å². The predicted octanol–water partition coefficient (Wildman–Crippen LogP) is 4.43. The third-order valence-electron chi connectivity index (χ3n) is 3.10. The van der Waals surface area contributed by atoms with Crippen molar-refractivity contribution in [2.24, 2.45) is 0 Å². The third kappa shape index (κ3) is 13.1. The highest BCUT2D eigenvalue weighted by molar-refractivity contribution is 14.1. The molecule has 21 heavy (non-hydrogen) atoms. The topological polar surface area (TPSA) is 52.6 Å². The lowest BCUT2D eigenvalue weighted by atomic mass is 10.2. The molecule has 0 N–H and O–H groups in total. The third-order valence-corrected chi connectivity index (χ3v) is 4.05. The van der Waals surface area contributed by atoms with Gasteiger partial charge in [-0.2, -0.15) is 0 Å². The molecular formula is C16H29IO4. The number of rotatable bonds is 13. The maximum Gasteiger partial charge on any atom is 0.319 e. The average Bonchev–Trinajstić information content (AvgIpc) is 2.46. The quantitative estimate of drug-likeness (QED) is 0.194. The number of hydrogen-bond donors (Lipinski definition) is 0. The standard InChI is InChI=1S/C16H29IO4/c1-3-5-7-9-11-20-15(18)13-14(17)16(19)21-12-10-8-6-4-2/h14H,3-13H2,1-2H3. The van der Waals surface area contributed by atoms with Gasteiger partial charge in [-0.05, 0) is 12.8 Å². The molecule has 0 aliphatic carbocycles. The minimum atomic E-state index is -0.447. The normalized spacial score (nSPS) is 12.0. The fourth-order valence-electron chi connectivity index (χ4n) is 1.80. The molecule has 0 saturated heterocycles. The zero-order valence-corrected chi connectivity index (χ0v) is 15.5. The summed E-state index contributed by atoms with van der Waals surface area (Å²) in [6.45, 7) is 5.18. The van der Waals surface area contributed by atoms with Crippen LogP contribution in [0.3, 0.4) is 0 Å². The fourth-order valence-corrected chi connectivity index (χ4v) is 2.33. The van der Waals surface area contributed by atoms with Crippen molar-refractivity contribution in [1.29, 1.82) is 0 Å². The molecule has 1 unspecified atom stereocenters. The molecule has 0 fully saturated rings. The van der Waals surface area contributed by atoms with Gasteiger partial charge in [-0.15, -0.1) is 0 Å². The summed E-state index contributed by atoms with van der Waals surface area (Å²) in [5.41, 5.74) is 0. The van der Waals surface area contributed by atoms with Crippen molar-refractivity contribution in [3.05, 3.63) is 0 Å². The molecule has 0 aliphatic rings. The second-order valence-corrected chi connectivity index (χ2v) is 6.68. The van der Waals surface area contributed by atoms with Crippen LogP contribution in [0.2, 0.25) is 0 Å². The van der Waals surface area contributed by atoms with Crippen LogP contribution in [0.1, 0.15) is 71.6 Å². The van der Waals surface area contributed by atoms with E-state index in [-0.39, 0.29) is 18.4 Å². The molecule has 0 aromatic rings. The molecule has 0 radical (unpaired) electrons. The van der Waals surface area contributed by atoms with Crippen molar-refractivity contribution in [2.75, 3.05) is 13.2 Å². The van der Waals surface area contributed by atoms with Crippen LogP contribution in [0.5, 0.6) is 0 Å². The van der Waals surface area contributed by atoms with E-state index in [0.29, 0.717) is 13.2 Å². The molecule has 4 nitrogen and oxygen atoms in total. The number of unbranched alkanes of at least 4 members (excludes halogenated alkanes) is 6. The van der Waals surface area contributed by atoms with Crippen LogP contribution in [-0.4, -0.2) is 29.1 Å². The molecule has 124 valence electrons. The van der Waals surface area contributed by atoms with E-state index in [1.807, 2.05) is 22.6 Å². The molecule has 0 bridgehead atoms. The number of carbonyl (C=O) groups excluding carboxylic acids is 2. The predicted molar refractivity (Wildman–Crippen MR) is 92.6 cm³/mol. The summed E-state index contributed by atoms with van der Waals surface area (Å²) < 4.78 is 9.82. The first-order valence-electron chi connectivity index (χ1n) is 8.08. The zero-order valence-electron chi connectivity index (χ0n) is 13.4. The first kappa shape index (κ1) is 20.7. The highest BCUT2D eigenvalue weighted by atomic mass is 127. The SMILES string of the molecule is CCCCCCOC(=O)CC(I)C(=O)OCCCCCC. The van der Waals surface area contributed by atoms with Crippen molar-refractivity contribution in [3.8, 4) is 0 Å². The highest BCUT2D eigenvalue weighted by Gasteiger charge is 2.20. The van der Waals surface area contributed by atoms with Gasteiger partial charge < -0.3 is 9.47 Å². The van der Waals surface area contributed by atoms with Gasteiger partial charge in [-0.25, -0.2) is 0 Å². The van der Waals surface area contributed by atoms with Crippen LogP contribution in [0.15, 0.2) is 0 Å². The van der Waals surface area contributed by atoms with E-state index >= 15 is 0 Å². The number of alkyl halides is 1. The van der Waals surface area contributed by atoms with Crippen molar-refractivity contribution < 1.29 is 19.1 Å². The maximum absolute atomic E-state index is 11.7. The van der Waals surface area contributed by atoms with E-state index in [1.165, 1.54) is 0 Å². The molecule has 5 heteroatoms. The Kier molecular flexibility index (Phi) is 14.4. The summed E-state index contributed by atoms with van der Waals surface area (Å²) in [6, 6.07) is 0. The Morgan fingerprint density at radius 1 is 0.857 bits per heavy atom. The summed E-state index contributed by atoms with van der Waals surface area (Å²) in [4.78, 5) is 23.3. The van der Waals surface area contributed by atoms with Gasteiger partial charge in [-0.1, -0.05) is 75.0 Å². The number of halogens is 1. The van der Waals surface area contributed by atoms with E-state index in [0.717, 1.165) is 51.4 Å². The van der Waals surface area contributed by atoms with Crippen LogP contribution >= 0.6 is 22.6 Å². The van der Waals surface area contributed by atoms with Crippen LogP contribution in [0.25, 0.3) is 0 Å². The lowest BCUT2D eigenvalue weighted by molar-refractivity contribution is -0.149. The lowest BCUT2D eigenvalue weighted by Gasteiger charge is -2.10. The molecule has 0 heterocycles. The Labute approximate surface area is 142 Å². The van der Waals surface area contributed by atoms with E-state index in [9.17, 15) is 9.59 Å². The maximum atomic E-state index is 11.7. The summed E-state index contributed by atoms with van der Waals surface area (Å²) in [5, 5.41) is 0. The highest BCUT2D eigenvalue weighted by Crippen LogP contribution is 2.11. The zero-order chi connectivity index (χ0) is 15.9. The molecule has 0 aliphatic heterocycles. The van der Waals surface area contributed by atoms with Gasteiger partial charge in [0.05, 0.1) is 19.6 Å². The first-order valence-corrected chi connectivity index (χ1v) is 9.32. The number of carbonyl (C=O) groups is 2. The van der Waals surface area contributed by atoms with Crippen LogP contribution in [-0.2, 0) is 19.1 Å². The van der Waals surface area contributed by atoms with E-state index in [4.69, 9.17) is 9.47 Å². The lowest BCUT2D eigenvalue weighted by Crippen LogP contribution is -2.22. The van der Waals surface area contributed by atoms with Gasteiger partial charge in [0.25, 0.3) is 0 Å². The second kappa shape index (κ2) is 14.6. The summed E-state index contributed by atoms with van der Waals surface area (Å²) >= 11 is 1.95. The van der Waals surface area contributed by atoms with E-state index in [1.54, 1.807) is 0 Å². The monoisotopic (exact) mass is 412 g/mol. The van der Waals surface area contributed by atoms with Gasteiger partial charge in [-0.3, -0.25) is 9.59 Å². The molecular weight excluding hydrogens is 383 g/mol. The summed E-state index contributed by atoms with van der Waals surface area (Å²) in [5.74, 6) is -0.621. The minimum Gasteiger partial charge on any atom is -0.466 e. The van der Waals surface area contributed by atoms with Crippen LogP contribution in [0, 0.1) is 0 Å². The van der Waals surface area contributed by atoms with Gasteiger partial charge >= 0.3 is 11.9 Å².